The monoisotopic (exact) mass is 319 g/mol. The van der Waals surface area contributed by atoms with Gasteiger partial charge in [-0.05, 0) is 5.56 Å². The number of aliphatic imine (C=N–C) groups is 1. The Hall–Kier alpha value is -3.41. The van der Waals surface area contributed by atoms with Gasteiger partial charge in [0, 0.05) is 11.6 Å². The Morgan fingerprint density at radius 2 is 1.75 bits per heavy atom. The number of nitrogens with zero attached hydrogens (tertiary/aromatic N) is 2. The number of nitrogens with one attached hydrogen (secondary N) is 2. The number of hydrogen-bond acceptors (Lipinski definition) is 3. The fraction of sp³-hybridized carbons (Fsp3) is 0.0556. The molecule has 0 amide bonds. The predicted octanol–water partition coefficient (Wildman–Crippen LogP) is 2.36. The van der Waals surface area contributed by atoms with Gasteiger partial charge in [-0.1, -0.05) is 60.7 Å². The molecule has 0 saturated carbocycles. The van der Waals surface area contributed by atoms with Crippen LogP contribution in [0.3, 0.4) is 0 Å². The Kier molecular flexibility index (Phi) is 4.67. The van der Waals surface area contributed by atoms with E-state index in [4.69, 9.17) is 5.73 Å². The maximum Gasteiger partial charge on any atom is 0.252 e. The molecule has 0 saturated heterocycles. The molecule has 3 rings (SSSR count). The van der Waals surface area contributed by atoms with Crippen LogP contribution in [0.25, 0.3) is 11.3 Å². The van der Waals surface area contributed by atoms with Crippen molar-refractivity contribution in [2.45, 2.75) is 6.54 Å². The van der Waals surface area contributed by atoms with Crippen LogP contribution in [0.5, 0.6) is 0 Å². The van der Waals surface area contributed by atoms with Crippen LogP contribution in [-0.2, 0) is 6.54 Å². The Bertz CT molecular complexity index is 888. The minimum Gasteiger partial charge on any atom is -0.370 e. The number of aromatic amines is 1. The third kappa shape index (κ3) is 4.07. The van der Waals surface area contributed by atoms with E-state index in [1.807, 2.05) is 60.7 Å². The summed E-state index contributed by atoms with van der Waals surface area (Å²) in [6, 6.07) is 20.7. The molecule has 1 heterocycles. The van der Waals surface area contributed by atoms with Crippen molar-refractivity contribution in [3.8, 4) is 11.3 Å². The number of rotatable bonds is 4. The Morgan fingerprint density at radius 3 is 2.46 bits per heavy atom. The Labute approximate surface area is 139 Å². The van der Waals surface area contributed by atoms with Crippen LogP contribution in [0.1, 0.15) is 5.56 Å². The Balaban J connectivity index is 1.77. The van der Waals surface area contributed by atoms with Crippen molar-refractivity contribution in [1.29, 1.82) is 0 Å². The molecule has 0 aliphatic heterocycles. The van der Waals surface area contributed by atoms with Gasteiger partial charge in [0.05, 0.1) is 12.2 Å². The summed E-state index contributed by atoms with van der Waals surface area (Å²) in [7, 11) is 0. The van der Waals surface area contributed by atoms with Crippen molar-refractivity contribution in [3.05, 3.63) is 82.6 Å². The van der Waals surface area contributed by atoms with Gasteiger partial charge in [0.15, 0.2) is 5.96 Å². The summed E-state index contributed by atoms with van der Waals surface area (Å²) < 4.78 is 0. The van der Waals surface area contributed by atoms with Gasteiger partial charge in [-0.25, -0.2) is 9.98 Å². The topological polar surface area (TPSA) is 96.2 Å². The number of guanidine groups is 1. The predicted molar refractivity (Wildman–Crippen MR) is 95.7 cm³/mol. The highest BCUT2D eigenvalue weighted by Crippen LogP contribution is 2.15. The molecular formula is C18H17N5O. The van der Waals surface area contributed by atoms with E-state index in [2.05, 4.69) is 20.3 Å². The van der Waals surface area contributed by atoms with E-state index in [1.54, 1.807) is 0 Å². The zero-order valence-electron chi connectivity index (χ0n) is 12.9. The van der Waals surface area contributed by atoms with Crippen LogP contribution in [0.2, 0.25) is 0 Å². The second-order valence-corrected chi connectivity index (χ2v) is 5.16. The lowest BCUT2D eigenvalue weighted by Crippen LogP contribution is -2.25. The van der Waals surface area contributed by atoms with E-state index < -0.39 is 0 Å². The van der Waals surface area contributed by atoms with Gasteiger partial charge in [0.2, 0.25) is 5.95 Å². The molecule has 0 aliphatic carbocycles. The largest absolute Gasteiger partial charge is 0.370 e. The van der Waals surface area contributed by atoms with E-state index >= 15 is 0 Å². The zero-order chi connectivity index (χ0) is 16.8. The molecule has 0 bridgehead atoms. The number of H-pyrrole nitrogens is 1. The molecule has 3 aromatic rings. The highest BCUT2D eigenvalue weighted by molar-refractivity contribution is 5.90. The third-order valence-electron chi connectivity index (χ3n) is 3.33. The van der Waals surface area contributed by atoms with Gasteiger partial charge in [-0.15, -0.1) is 0 Å². The zero-order valence-corrected chi connectivity index (χ0v) is 12.9. The molecule has 24 heavy (non-hydrogen) atoms. The van der Waals surface area contributed by atoms with Gasteiger partial charge >= 0.3 is 0 Å². The average molecular weight is 319 g/mol. The van der Waals surface area contributed by atoms with Crippen molar-refractivity contribution < 1.29 is 0 Å². The summed E-state index contributed by atoms with van der Waals surface area (Å²) >= 11 is 0. The molecule has 4 N–H and O–H groups in total. The molecule has 0 unspecified atom stereocenters. The van der Waals surface area contributed by atoms with Crippen LogP contribution in [0.15, 0.2) is 76.5 Å². The Morgan fingerprint density at radius 1 is 1.08 bits per heavy atom. The lowest BCUT2D eigenvalue weighted by Gasteiger charge is -2.07. The van der Waals surface area contributed by atoms with Crippen LogP contribution < -0.4 is 16.6 Å². The maximum atomic E-state index is 11.8. The van der Waals surface area contributed by atoms with Crippen molar-refractivity contribution in [3.63, 3.8) is 0 Å². The molecule has 0 atom stereocenters. The van der Waals surface area contributed by atoms with Crippen molar-refractivity contribution in [1.82, 2.24) is 9.97 Å². The van der Waals surface area contributed by atoms with Crippen LogP contribution in [-0.4, -0.2) is 15.9 Å². The summed E-state index contributed by atoms with van der Waals surface area (Å²) in [5.74, 6) is 0.447. The van der Waals surface area contributed by atoms with E-state index in [-0.39, 0.29) is 17.5 Å². The molecule has 0 aliphatic rings. The molecule has 1 aromatic heterocycles. The summed E-state index contributed by atoms with van der Waals surface area (Å²) in [4.78, 5) is 23.1. The number of benzene rings is 2. The molecule has 0 spiro atoms. The van der Waals surface area contributed by atoms with Crippen molar-refractivity contribution in [2.24, 2.45) is 10.7 Å². The van der Waals surface area contributed by atoms with E-state index in [0.29, 0.717) is 12.2 Å². The summed E-state index contributed by atoms with van der Waals surface area (Å²) in [6.45, 7) is 0.447. The molecule has 2 aromatic carbocycles. The smallest absolute Gasteiger partial charge is 0.252 e. The molecule has 0 fully saturated rings. The van der Waals surface area contributed by atoms with E-state index in [9.17, 15) is 4.79 Å². The lowest BCUT2D eigenvalue weighted by molar-refractivity contribution is 1.05. The van der Waals surface area contributed by atoms with Gasteiger partial charge < -0.3 is 5.73 Å². The molecule has 6 nitrogen and oxygen atoms in total. The second-order valence-electron chi connectivity index (χ2n) is 5.16. The summed E-state index contributed by atoms with van der Waals surface area (Å²) in [5, 5.41) is 2.82. The first kappa shape index (κ1) is 15.5. The van der Waals surface area contributed by atoms with Gasteiger partial charge in [-0.2, -0.15) is 0 Å². The molecular weight excluding hydrogens is 302 g/mol. The molecule has 120 valence electrons. The standard InChI is InChI=1S/C18H17N5O/c19-17(20-12-13-7-3-1-4-8-13)23-18-21-15(11-16(24)22-18)14-9-5-2-6-10-14/h1-11H,12H2,(H4,19,20,21,22,23,24). The normalized spacial score (nSPS) is 11.2. The van der Waals surface area contributed by atoms with Gasteiger partial charge in [-0.3, -0.25) is 15.1 Å². The van der Waals surface area contributed by atoms with Gasteiger partial charge in [0.25, 0.3) is 5.56 Å². The number of nitrogens with two attached hydrogens (primary N) is 1. The maximum absolute atomic E-state index is 11.8. The van der Waals surface area contributed by atoms with Crippen LogP contribution >= 0.6 is 0 Å². The highest BCUT2D eigenvalue weighted by atomic mass is 16.1. The third-order valence-corrected chi connectivity index (χ3v) is 3.33. The summed E-state index contributed by atoms with van der Waals surface area (Å²) in [6.07, 6.45) is 0. The van der Waals surface area contributed by atoms with E-state index in [0.717, 1.165) is 11.1 Å². The highest BCUT2D eigenvalue weighted by Gasteiger charge is 2.04. The number of anilines is 1. The molecule has 0 radical (unpaired) electrons. The molecule has 6 heteroatoms. The van der Waals surface area contributed by atoms with Gasteiger partial charge in [0.1, 0.15) is 0 Å². The van der Waals surface area contributed by atoms with Crippen LogP contribution in [0.4, 0.5) is 5.95 Å². The van der Waals surface area contributed by atoms with E-state index in [1.165, 1.54) is 6.07 Å². The van der Waals surface area contributed by atoms with Crippen LogP contribution in [0, 0.1) is 0 Å². The quantitative estimate of drug-likeness (QED) is 0.508. The van der Waals surface area contributed by atoms with Crippen molar-refractivity contribution in [2.75, 3.05) is 5.32 Å². The second kappa shape index (κ2) is 7.23. The first-order valence-corrected chi connectivity index (χ1v) is 7.48. The summed E-state index contributed by atoms with van der Waals surface area (Å²) in [5.41, 5.74) is 8.07. The number of hydrogen-bond donors (Lipinski definition) is 3. The first-order valence-electron chi connectivity index (χ1n) is 7.48. The fourth-order valence-corrected chi connectivity index (χ4v) is 2.19. The minimum absolute atomic E-state index is 0.187. The average Bonchev–Trinajstić information content (AvgIpc) is 2.61. The lowest BCUT2D eigenvalue weighted by atomic mass is 10.1. The number of aromatic nitrogens is 2. The first-order chi connectivity index (χ1) is 11.7. The minimum atomic E-state index is -0.262. The fourth-order valence-electron chi connectivity index (χ4n) is 2.19. The van der Waals surface area contributed by atoms with Crippen molar-refractivity contribution >= 4 is 11.9 Å². The SMILES string of the molecule is NC(=NCc1ccccc1)Nc1nc(-c2ccccc2)cc(=O)[nH]1.